The van der Waals surface area contributed by atoms with Crippen molar-refractivity contribution in [1.82, 2.24) is 5.48 Å². The number of sulfone groups is 1. The number of carbonyl (C=O) groups excluding carboxylic acids is 1. The molecule has 0 aliphatic heterocycles. The third kappa shape index (κ3) is 4.36. The Morgan fingerprint density at radius 3 is 2.34 bits per heavy atom. The van der Waals surface area contributed by atoms with Gasteiger partial charge in [-0.1, -0.05) is 28.1 Å². The van der Waals surface area contributed by atoms with Crippen LogP contribution in [0, 0.1) is 13.8 Å². The van der Waals surface area contributed by atoms with E-state index in [1.807, 2.05) is 24.3 Å². The molecule has 0 heterocycles. The van der Waals surface area contributed by atoms with Crippen LogP contribution >= 0.6 is 15.9 Å². The number of hydrogen-bond acceptors (Lipinski definition) is 6. The average Bonchev–Trinajstić information content (AvgIpc) is 2.78. The van der Waals surface area contributed by atoms with E-state index in [0.717, 1.165) is 10.0 Å². The van der Waals surface area contributed by atoms with Crippen LogP contribution in [0.4, 0.5) is 5.69 Å². The molecule has 3 rings (SSSR count). The summed E-state index contributed by atoms with van der Waals surface area (Å²) in [5.41, 5.74) is 10.1. The molecule has 0 atom stereocenters. The number of anilines is 1. The molecule has 9 heteroatoms. The van der Waals surface area contributed by atoms with Crippen molar-refractivity contribution in [2.24, 2.45) is 0 Å². The van der Waals surface area contributed by atoms with Crippen molar-refractivity contribution in [2.75, 3.05) is 12.8 Å². The molecular formula is C23H23BrN2O5S. The van der Waals surface area contributed by atoms with Crippen LogP contribution in [0.1, 0.15) is 32.6 Å². The van der Waals surface area contributed by atoms with E-state index in [9.17, 15) is 18.4 Å². The van der Waals surface area contributed by atoms with E-state index in [-0.39, 0.29) is 33.0 Å². The maximum atomic E-state index is 13.7. The first-order chi connectivity index (χ1) is 15.1. The Morgan fingerprint density at radius 2 is 1.78 bits per heavy atom. The highest BCUT2D eigenvalue weighted by atomic mass is 79.9. The van der Waals surface area contributed by atoms with Gasteiger partial charge in [0, 0.05) is 10.2 Å². The number of carbonyl (C=O) groups is 1. The topological polar surface area (TPSA) is 119 Å². The van der Waals surface area contributed by atoms with Crippen molar-refractivity contribution in [3.8, 4) is 5.75 Å². The number of hydroxylamine groups is 1. The molecule has 3 aromatic carbocycles. The first kappa shape index (κ1) is 23.8. The van der Waals surface area contributed by atoms with Crippen LogP contribution in [0.15, 0.2) is 62.8 Å². The highest BCUT2D eigenvalue weighted by Gasteiger charge is 2.32. The van der Waals surface area contributed by atoms with Gasteiger partial charge in [0.2, 0.25) is 9.84 Å². The number of nitrogens with one attached hydrogen (secondary N) is 1. The molecule has 32 heavy (non-hydrogen) atoms. The van der Waals surface area contributed by atoms with E-state index in [1.54, 1.807) is 19.3 Å². The maximum absolute atomic E-state index is 13.7. The van der Waals surface area contributed by atoms with Gasteiger partial charge in [-0.2, -0.15) is 0 Å². The zero-order valence-corrected chi connectivity index (χ0v) is 20.2. The van der Waals surface area contributed by atoms with Crippen LogP contribution in [0.2, 0.25) is 0 Å². The second kappa shape index (κ2) is 9.32. The Balaban J connectivity index is 2.34. The number of benzene rings is 3. The molecule has 0 aromatic heterocycles. The second-order valence-electron chi connectivity index (χ2n) is 7.27. The van der Waals surface area contributed by atoms with E-state index in [0.29, 0.717) is 16.9 Å². The van der Waals surface area contributed by atoms with Crippen LogP contribution in [0.3, 0.4) is 0 Å². The van der Waals surface area contributed by atoms with Gasteiger partial charge in [0.25, 0.3) is 5.91 Å². The van der Waals surface area contributed by atoms with E-state index >= 15 is 0 Å². The summed E-state index contributed by atoms with van der Waals surface area (Å²) in [5.74, 6) is -0.430. The van der Waals surface area contributed by atoms with E-state index in [4.69, 9.17) is 10.5 Å². The quantitative estimate of drug-likeness (QED) is 0.255. The smallest absolute Gasteiger partial charge is 0.276 e. The number of nitrogens with two attached hydrogens (primary N) is 1. The molecule has 0 spiro atoms. The minimum absolute atomic E-state index is 0.0231. The summed E-state index contributed by atoms with van der Waals surface area (Å²) < 4.78 is 33.2. The SMILES string of the molecule is COc1ccc(S(=O)(=O)c2c(C)c(N)c(C)c(Cc3cccc(Br)c3)c2C(=O)NO)cc1. The Hall–Kier alpha value is -2.88. The zero-order valence-electron chi connectivity index (χ0n) is 17.8. The highest BCUT2D eigenvalue weighted by molar-refractivity contribution is 9.10. The van der Waals surface area contributed by atoms with Crippen molar-refractivity contribution < 1.29 is 23.2 Å². The number of amides is 1. The van der Waals surface area contributed by atoms with Gasteiger partial charge in [0.15, 0.2) is 0 Å². The van der Waals surface area contributed by atoms with Gasteiger partial charge in [0.1, 0.15) is 5.75 Å². The molecule has 7 nitrogen and oxygen atoms in total. The van der Waals surface area contributed by atoms with Crippen LogP contribution < -0.4 is 16.0 Å². The normalized spacial score (nSPS) is 11.3. The summed E-state index contributed by atoms with van der Waals surface area (Å²) in [6.07, 6.45) is 0.240. The molecule has 0 bridgehead atoms. The molecular weight excluding hydrogens is 496 g/mol. The Bertz CT molecular complexity index is 1290. The van der Waals surface area contributed by atoms with Gasteiger partial charge in [-0.15, -0.1) is 0 Å². The van der Waals surface area contributed by atoms with Crippen LogP contribution in [-0.4, -0.2) is 26.6 Å². The highest BCUT2D eigenvalue weighted by Crippen LogP contribution is 2.37. The van der Waals surface area contributed by atoms with Crippen molar-refractivity contribution in [3.63, 3.8) is 0 Å². The molecule has 0 aliphatic rings. The number of methoxy groups -OCH3 is 1. The minimum atomic E-state index is -4.16. The number of halogens is 1. The van der Waals surface area contributed by atoms with E-state index in [1.165, 1.54) is 31.4 Å². The number of ether oxygens (including phenoxy) is 1. The predicted octanol–water partition coefficient (Wildman–Crippen LogP) is 4.20. The van der Waals surface area contributed by atoms with Crippen molar-refractivity contribution in [2.45, 2.75) is 30.1 Å². The lowest BCUT2D eigenvalue weighted by molar-refractivity contribution is 0.0701. The zero-order chi connectivity index (χ0) is 23.6. The van der Waals surface area contributed by atoms with Crippen LogP contribution in [0.5, 0.6) is 5.75 Å². The van der Waals surface area contributed by atoms with Crippen LogP contribution in [-0.2, 0) is 16.3 Å². The number of rotatable bonds is 6. The second-order valence-corrected chi connectivity index (χ2v) is 10.1. The molecule has 0 saturated carbocycles. The van der Waals surface area contributed by atoms with Crippen molar-refractivity contribution in [1.29, 1.82) is 0 Å². The largest absolute Gasteiger partial charge is 0.497 e. The molecule has 0 unspecified atom stereocenters. The van der Waals surface area contributed by atoms with Gasteiger partial charge in [0.05, 0.1) is 22.5 Å². The third-order valence-corrected chi connectivity index (χ3v) is 7.80. The first-order valence-electron chi connectivity index (χ1n) is 9.61. The lowest BCUT2D eigenvalue weighted by Crippen LogP contribution is -2.26. The molecule has 0 saturated heterocycles. The minimum Gasteiger partial charge on any atom is -0.497 e. The monoisotopic (exact) mass is 518 g/mol. The Labute approximate surface area is 195 Å². The standard InChI is InChI=1S/C23H23BrN2O5S/c1-13-19(12-15-5-4-6-16(24)11-15)20(23(27)26-28)22(14(2)21(13)25)32(29,30)18-9-7-17(31-3)8-10-18/h4-11,28H,12,25H2,1-3H3,(H,26,27). The summed E-state index contributed by atoms with van der Waals surface area (Å²) in [6.45, 7) is 3.28. The van der Waals surface area contributed by atoms with Gasteiger partial charge in [-0.05, 0) is 78.9 Å². The van der Waals surface area contributed by atoms with Gasteiger partial charge < -0.3 is 10.5 Å². The fourth-order valence-electron chi connectivity index (χ4n) is 3.65. The number of hydrogen-bond donors (Lipinski definition) is 3. The van der Waals surface area contributed by atoms with Gasteiger partial charge in [-0.25, -0.2) is 13.9 Å². The molecule has 4 N–H and O–H groups in total. The van der Waals surface area contributed by atoms with Crippen LogP contribution in [0.25, 0.3) is 0 Å². The fourth-order valence-corrected chi connectivity index (χ4v) is 5.83. The molecule has 0 aliphatic carbocycles. The molecule has 1 amide bonds. The van der Waals surface area contributed by atoms with Crippen molar-refractivity contribution >= 4 is 37.4 Å². The van der Waals surface area contributed by atoms with E-state index in [2.05, 4.69) is 15.9 Å². The molecule has 3 aromatic rings. The van der Waals surface area contributed by atoms with Gasteiger partial charge >= 0.3 is 0 Å². The third-order valence-electron chi connectivity index (χ3n) is 5.37. The number of nitrogen functional groups attached to an aromatic ring is 1. The lowest BCUT2D eigenvalue weighted by atomic mass is 9.91. The summed E-state index contributed by atoms with van der Waals surface area (Å²) in [7, 11) is -2.68. The maximum Gasteiger partial charge on any atom is 0.276 e. The summed E-state index contributed by atoms with van der Waals surface area (Å²) in [6, 6.07) is 13.3. The Kier molecular flexibility index (Phi) is 6.92. The average molecular weight is 519 g/mol. The van der Waals surface area contributed by atoms with E-state index < -0.39 is 15.7 Å². The van der Waals surface area contributed by atoms with Gasteiger partial charge in [-0.3, -0.25) is 10.0 Å². The summed E-state index contributed by atoms with van der Waals surface area (Å²) >= 11 is 3.42. The van der Waals surface area contributed by atoms with Crippen molar-refractivity contribution in [3.05, 3.63) is 80.8 Å². The Morgan fingerprint density at radius 1 is 1.12 bits per heavy atom. The summed E-state index contributed by atoms with van der Waals surface area (Å²) in [4.78, 5) is 12.6. The predicted molar refractivity (Wildman–Crippen MR) is 125 cm³/mol. The molecule has 0 radical (unpaired) electrons. The molecule has 168 valence electrons. The lowest BCUT2D eigenvalue weighted by Gasteiger charge is -2.21. The first-order valence-corrected chi connectivity index (χ1v) is 11.9. The fraction of sp³-hybridized carbons (Fsp3) is 0.174. The summed E-state index contributed by atoms with van der Waals surface area (Å²) in [5, 5.41) is 9.45. The molecule has 0 fully saturated rings.